The minimum absolute atomic E-state index is 0.978. The summed E-state index contributed by atoms with van der Waals surface area (Å²) in [5.41, 5.74) is 0. The standard InChI is InChI=1S/C13H31NOSi/c1-5-10-15-16(11-6-2,12-7-3)13-8-9-14-4/h14H,5-13H2,1-4H3. The fraction of sp³-hybridized carbons (Fsp3) is 1.00. The average Bonchev–Trinajstić information content (AvgIpc) is 2.27. The summed E-state index contributed by atoms with van der Waals surface area (Å²) in [4.78, 5) is 0. The molecule has 98 valence electrons. The fourth-order valence-electron chi connectivity index (χ4n) is 2.41. The third-order valence-corrected chi connectivity index (χ3v) is 7.99. The van der Waals surface area contributed by atoms with Gasteiger partial charge in [0.1, 0.15) is 0 Å². The summed E-state index contributed by atoms with van der Waals surface area (Å²) < 4.78 is 6.32. The minimum atomic E-state index is -1.39. The smallest absolute Gasteiger partial charge is 0.192 e. The van der Waals surface area contributed by atoms with Crippen LogP contribution >= 0.6 is 0 Å². The van der Waals surface area contributed by atoms with E-state index in [-0.39, 0.29) is 0 Å². The fourth-order valence-corrected chi connectivity index (χ4v) is 6.87. The van der Waals surface area contributed by atoms with Gasteiger partial charge >= 0.3 is 0 Å². The molecule has 0 radical (unpaired) electrons. The first-order valence-electron chi connectivity index (χ1n) is 7.03. The Hall–Kier alpha value is 0.137. The Balaban J connectivity index is 4.24. The molecule has 0 unspecified atom stereocenters. The van der Waals surface area contributed by atoms with Crippen molar-refractivity contribution in [3.8, 4) is 0 Å². The van der Waals surface area contributed by atoms with Crippen LogP contribution < -0.4 is 5.32 Å². The molecule has 0 aromatic heterocycles. The monoisotopic (exact) mass is 245 g/mol. The molecule has 0 saturated heterocycles. The maximum atomic E-state index is 6.32. The zero-order valence-electron chi connectivity index (χ0n) is 11.8. The zero-order valence-corrected chi connectivity index (χ0v) is 12.8. The quantitative estimate of drug-likeness (QED) is 0.442. The van der Waals surface area contributed by atoms with Gasteiger partial charge in [0.15, 0.2) is 8.32 Å². The SMILES string of the molecule is CCCO[Si](CCC)(CCC)CCCNC. The second-order valence-corrected chi connectivity index (χ2v) is 8.89. The Morgan fingerprint density at radius 2 is 1.56 bits per heavy atom. The number of rotatable bonds is 11. The Bertz CT molecular complexity index is 147. The van der Waals surface area contributed by atoms with Crippen LogP contribution in [0.5, 0.6) is 0 Å². The molecule has 0 spiro atoms. The van der Waals surface area contributed by atoms with E-state index < -0.39 is 8.32 Å². The minimum Gasteiger partial charge on any atom is -0.417 e. The maximum Gasteiger partial charge on any atom is 0.192 e. The van der Waals surface area contributed by atoms with Crippen LogP contribution in [-0.2, 0) is 4.43 Å². The molecular weight excluding hydrogens is 214 g/mol. The first-order valence-corrected chi connectivity index (χ1v) is 9.56. The first kappa shape index (κ1) is 16.1. The summed E-state index contributed by atoms with van der Waals surface area (Å²) in [6.07, 6.45) is 5.02. The summed E-state index contributed by atoms with van der Waals surface area (Å²) in [5, 5.41) is 3.25. The number of hydrogen-bond donors (Lipinski definition) is 1. The molecule has 0 aliphatic heterocycles. The lowest BCUT2D eigenvalue weighted by Crippen LogP contribution is -2.38. The summed E-state index contributed by atoms with van der Waals surface area (Å²) in [6, 6.07) is 4.05. The van der Waals surface area contributed by atoms with E-state index in [0.29, 0.717) is 0 Å². The van der Waals surface area contributed by atoms with Crippen molar-refractivity contribution in [2.75, 3.05) is 20.2 Å². The van der Waals surface area contributed by atoms with Gasteiger partial charge in [-0.05, 0) is 44.6 Å². The lowest BCUT2D eigenvalue weighted by molar-refractivity contribution is 0.294. The van der Waals surface area contributed by atoms with Gasteiger partial charge in [0, 0.05) is 6.61 Å². The Labute approximate surface area is 103 Å². The van der Waals surface area contributed by atoms with Crippen LogP contribution in [0, 0.1) is 0 Å². The molecule has 0 rings (SSSR count). The molecule has 16 heavy (non-hydrogen) atoms. The number of hydrogen-bond acceptors (Lipinski definition) is 2. The van der Waals surface area contributed by atoms with E-state index in [9.17, 15) is 0 Å². The Morgan fingerprint density at radius 1 is 0.938 bits per heavy atom. The van der Waals surface area contributed by atoms with Crippen LogP contribution in [0.25, 0.3) is 0 Å². The van der Waals surface area contributed by atoms with Gasteiger partial charge in [-0.2, -0.15) is 0 Å². The van der Waals surface area contributed by atoms with Crippen molar-refractivity contribution in [3.63, 3.8) is 0 Å². The average molecular weight is 245 g/mol. The van der Waals surface area contributed by atoms with E-state index in [1.807, 2.05) is 7.05 Å². The van der Waals surface area contributed by atoms with Gasteiger partial charge in [0.2, 0.25) is 0 Å². The van der Waals surface area contributed by atoms with E-state index in [1.165, 1.54) is 37.4 Å². The second-order valence-electron chi connectivity index (χ2n) is 4.74. The van der Waals surface area contributed by atoms with Gasteiger partial charge in [-0.25, -0.2) is 0 Å². The lowest BCUT2D eigenvalue weighted by atomic mass is 10.5. The first-order chi connectivity index (χ1) is 7.74. The van der Waals surface area contributed by atoms with Crippen LogP contribution in [0.1, 0.15) is 46.5 Å². The van der Waals surface area contributed by atoms with Crippen molar-refractivity contribution < 1.29 is 4.43 Å². The largest absolute Gasteiger partial charge is 0.417 e. The molecule has 0 aromatic carbocycles. The van der Waals surface area contributed by atoms with Gasteiger partial charge in [0.25, 0.3) is 0 Å². The highest BCUT2D eigenvalue weighted by Gasteiger charge is 2.32. The topological polar surface area (TPSA) is 21.3 Å². The van der Waals surface area contributed by atoms with Gasteiger partial charge < -0.3 is 9.74 Å². The van der Waals surface area contributed by atoms with E-state index >= 15 is 0 Å². The Morgan fingerprint density at radius 3 is 2.00 bits per heavy atom. The van der Waals surface area contributed by atoms with Crippen LogP contribution in [0.3, 0.4) is 0 Å². The van der Waals surface area contributed by atoms with E-state index in [1.54, 1.807) is 0 Å². The van der Waals surface area contributed by atoms with Crippen molar-refractivity contribution in [2.45, 2.75) is 64.6 Å². The van der Waals surface area contributed by atoms with Crippen LogP contribution in [0.15, 0.2) is 0 Å². The van der Waals surface area contributed by atoms with Crippen molar-refractivity contribution in [2.24, 2.45) is 0 Å². The molecule has 1 N–H and O–H groups in total. The predicted octanol–water partition coefficient (Wildman–Crippen LogP) is 3.79. The third kappa shape index (κ3) is 6.66. The van der Waals surface area contributed by atoms with Crippen molar-refractivity contribution in [1.29, 1.82) is 0 Å². The third-order valence-electron chi connectivity index (χ3n) is 3.08. The van der Waals surface area contributed by atoms with Gasteiger partial charge in [-0.3, -0.25) is 0 Å². The molecular formula is C13H31NOSi. The summed E-state index contributed by atoms with van der Waals surface area (Å²) in [5.74, 6) is 0. The zero-order chi connectivity index (χ0) is 12.3. The van der Waals surface area contributed by atoms with Gasteiger partial charge in [0.05, 0.1) is 0 Å². The number of nitrogens with one attached hydrogen (secondary N) is 1. The molecule has 0 aliphatic rings. The molecule has 0 amide bonds. The molecule has 0 saturated carbocycles. The van der Waals surface area contributed by atoms with Crippen LogP contribution in [0.4, 0.5) is 0 Å². The summed E-state index contributed by atoms with van der Waals surface area (Å²) in [7, 11) is 0.644. The van der Waals surface area contributed by atoms with Crippen molar-refractivity contribution in [1.82, 2.24) is 5.32 Å². The maximum absolute atomic E-state index is 6.32. The van der Waals surface area contributed by atoms with Crippen molar-refractivity contribution in [3.05, 3.63) is 0 Å². The highest BCUT2D eigenvalue weighted by atomic mass is 28.4. The molecule has 3 heteroatoms. The second kappa shape index (κ2) is 10.3. The van der Waals surface area contributed by atoms with E-state index in [2.05, 4.69) is 26.1 Å². The van der Waals surface area contributed by atoms with Gasteiger partial charge in [-0.1, -0.05) is 33.6 Å². The van der Waals surface area contributed by atoms with Gasteiger partial charge in [-0.15, -0.1) is 0 Å². The van der Waals surface area contributed by atoms with Crippen LogP contribution in [0.2, 0.25) is 18.1 Å². The summed E-state index contributed by atoms with van der Waals surface area (Å²) >= 11 is 0. The van der Waals surface area contributed by atoms with Crippen molar-refractivity contribution >= 4 is 8.32 Å². The normalized spacial score (nSPS) is 12.0. The molecule has 0 fully saturated rings. The molecule has 0 bridgehead atoms. The predicted molar refractivity (Wildman–Crippen MR) is 75.5 cm³/mol. The summed E-state index contributed by atoms with van der Waals surface area (Å²) in [6.45, 7) is 8.92. The molecule has 2 nitrogen and oxygen atoms in total. The van der Waals surface area contributed by atoms with E-state index in [0.717, 1.165) is 19.6 Å². The van der Waals surface area contributed by atoms with E-state index in [4.69, 9.17) is 4.43 Å². The van der Waals surface area contributed by atoms with Crippen LogP contribution in [-0.4, -0.2) is 28.5 Å². The molecule has 0 aliphatic carbocycles. The molecule has 0 aromatic rings. The molecule has 0 atom stereocenters. The lowest BCUT2D eigenvalue weighted by Gasteiger charge is -2.31. The highest BCUT2D eigenvalue weighted by Crippen LogP contribution is 2.27. The highest BCUT2D eigenvalue weighted by molar-refractivity contribution is 6.73. The Kier molecular flexibility index (Phi) is 10.4. The molecule has 0 heterocycles.